The summed E-state index contributed by atoms with van der Waals surface area (Å²) in [6.45, 7) is 5.22. The number of imide groups is 1. The average Bonchev–Trinajstić information content (AvgIpc) is 3.60. The zero-order valence-corrected chi connectivity index (χ0v) is 23.6. The van der Waals surface area contributed by atoms with Gasteiger partial charge < -0.3 is 25.6 Å². The van der Waals surface area contributed by atoms with Gasteiger partial charge in [0, 0.05) is 43.9 Å². The minimum absolute atomic E-state index is 0.139. The van der Waals surface area contributed by atoms with Crippen LogP contribution in [-0.4, -0.2) is 77.6 Å². The zero-order chi connectivity index (χ0) is 29.8. The van der Waals surface area contributed by atoms with E-state index in [1.165, 1.54) is 17.1 Å². The van der Waals surface area contributed by atoms with Crippen molar-refractivity contribution in [1.82, 2.24) is 20.4 Å². The molecule has 0 aromatic heterocycles. The van der Waals surface area contributed by atoms with E-state index in [4.69, 9.17) is 4.74 Å². The van der Waals surface area contributed by atoms with Gasteiger partial charge >= 0.3 is 6.09 Å². The highest BCUT2D eigenvalue weighted by molar-refractivity contribution is 6.12. The fourth-order valence-electron chi connectivity index (χ4n) is 4.47. The summed E-state index contributed by atoms with van der Waals surface area (Å²) in [5.41, 5.74) is 1.32. The Morgan fingerprint density at radius 2 is 1.56 bits per heavy atom. The maximum Gasteiger partial charge on any atom is 0.410 e. The fourth-order valence-corrected chi connectivity index (χ4v) is 4.47. The summed E-state index contributed by atoms with van der Waals surface area (Å²) in [5, 5.41) is 8.00. The number of carbonyl (C=O) groups excluding carboxylic acids is 6. The summed E-state index contributed by atoms with van der Waals surface area (Å²) in [6, 6.07) is 6.07. The van der Waals surface area contributed by atoms with Crippen molar-refractivity contribution in [3.05, 3.63) is 42.0 Å². The number of ether oxygens (including phenoxy) is 1. The average molecular weight is 570 g/mol. The van der Waals surface area contributed by atoms with E-state index in [1.54, 1.807) is 43.0 Å². The summed E-state index contributed by atoms with van der Waals surface area (Å²) in [4.78, 5) is 75.5. The van der Waals surface area contributed by atoms with E-state index >= 15 is 0 Å². The van der Waals surface area contributed by atoms with Crippen LogP contribution >= 0.6 is 0 Å². The molecule has 0 bridgehead atoms. The van der Waals surface area contributed by atoms with Gasteiger partial charge in [0.15, 0.2) is 0 Å². The first kappa shape index (κ1) is 31.3. The van der Waals surface area contributed by atoms with E-state index in [0.29, 0.717) is 31.5 Å². The number of anilines is 1. The number of amides is 6. The van der Waals surface area contributed by atoms with Gasteiger partial charge in [0.2, 0.25) is 17.7 Å². The molecule has 1 saturated heterocycles. The number of nitrogens with zero attached hydrogens (tertiary/aromatic N) is 2. The Morgan fingerprint density at radius 1 is 0.902 bits per heavy atom. The molecule has 1 fully saturated rings. The number of hydrogen-bond acceptors (Lipinski definition) is 7. The van der Waals surface area contributed by atoms with Gasteiger partial charge in [0.1, 0.15) is 12.6 Å². The van der Waals surface area contributed by atoms with E-state index in [9.17, 15) is 28.8 Å². The molecule has 1 aromatic rings. The van der Waals surface area contributed by atoms with Gasteiger partial charge in [-0.05, 0) is 49.3 Å². The number of nitrogens with one attached hydrogen (secondary N) is 3. The minimum Gasteiger partial charge on any atom is -0.445 e. The first-order valence-corrected chi connectivity index (χ1v) is 14.0. The summed E-state index contributed by atoms with van der Waals surface area (Å²) in [6.07, 6.45) is 6.12. The third kappa shape index (κ3) is 10.0. The molecule has 6 amide bonds. The molecule has 0 radical (unpaired) electrons. The van der Waals surface area contributed by atoms with Gasteiger partial charge in [-0.1, -0.05) is 32.4 Å². The number of likely N-dealkylation sites (tertiary alicyclic amines) is 1. The predicted octanol–water partition coefficient (Wildman–Crippen LogP) is 2.10. The van der Waals surface area contributed by atoms with E-state index in [0.717, 1.165) is 31.5 Å². The Kier molecular flexibility index (Phi) is 11.9. The molecule has 0 aliphatic carbocycles. The smallest absolute Gasteiger partial charge is 0.410 e. The summed E-state index contributed by atoms with van der Waals surface area (Å²) < 4.78 is 5.32. The van der Waals surface area contributed by atoms with Crippen molar-refractivity contribution in [1.29, 1.82) is 0 Å². The van der Waals surface area contributed by atoms with Crippen LogP contribution in [0.15, 0.2) is 36.4 Å². The van der Waals surface area contributed by atoms with Crippen molar-refractivity contribution >= 4 is 41.3 Å². The molecule has 12 heteroatoms. The van der Waals surface area contributed by atoms with Crippen LogP contribution in [0.4, 0.5) is 10.5 Å². The molecule has 1 aromatic carbocycles. The molecule has 3 rings (SSSR count). The Labute approximate surface area is 239 Å². The molecule has 0 spiro atoms. The standard InChI is InChI=1S/C29H39N5O7/c1-20(2)27(32-23(35)8-4-3-5-17-34-25(37)13-14-26(34)38)28(39)30-18-24(36)31-22-11-9-21(10-12-22)19-41-29(40)33-15-6-7-16-33/h9-14,20,27H,3-8,15-19H2,1-2H3,(H,30,39)(H,31,36)(H,32,35). The second-order valence-corrected chi connectivity index (χ2v) is 10.5. The lowest BCUT2D eigenvalue weighted by molar-refractivity contribution is -0.137. The third-order valence-corrected chi connectivity index (χ3v) is 6.84. The topological polar surface area (TPSA) is 154 Å². The molecule has 222 valence electrons. The molecular weight excluding hydrogens is 530 g/mol. The van der Waals surface area contributed by atoms with Crippen molar-refractivity contribution in [2.75, 3.05) is 31.5 Å². The number of carbonyl (C=O) groups is 6. The van der Waals surface area contributed by atoms with Crippen molar-refractivity contribution in [3.8, 4) is 0 Å². The third-order valence-electron chi connectivity index (χ3n) is 6.84. The van der Waals surface area contributed by atoms with Gasteiger partial charge in [-0.2, -0.15) is 0 Å². The quantitative estimate of drug-likeness (QED) is 0.229. The lowest BCUT2D eigenvalue weighted by atomic mass is 10.0. The fraction of sp³-hybridized carbons (Fsp3) is 0.517. The second-order valence-electron chi connectivity index (χ2n) is 10.5. The largest absolute Gasteiger partial charge is 0.445 e. The van der Waals surface area contributed by atoms with Crippen LogP contribution in [0.25, 0.3) is 0 Å². The van der Waals surface area contributed by atoms with Crippen LogP contribution < -0.4 is 16.0 Å². The lowest BCUT2D eigenvalue weighted by Crippen LogP contribution is -2.51. The predicted molar refractivity (Wildman–Crippen MR) is 150 cm³/mol. The Balaban J connectivity index is 1.33. The maximum atomic E-state index is 12.7. The molecule has 3 N–H and O–H groups in total. The van der Waals surface area contributed by atoms with Gasteiger partial charge in [0.05, 0.1) is 6.54 Å². The second kappa shape index (κ2) is 15.5. The monoisotopic (exact) mass is 569 g/mol. The van der Waals surface area contributed by atoms with Crippen molar-refractivity contribution in [3.63, 3.8) is 0 Å². The highest BCUT2D eigenvalue weighted by atomic mass is 16.6. The van der Waals surface area contributed by atoms with Crippen LogP contribution in [0.2, 0.25) is 0 Å². The number of rotatable bonds is 14. The first-order chi connectivity index (χ1) is 19.6. The summed E-state index contributed by atoms with van der Waals surface area (Å²) >= 11 is 0. The molecule has 1 atom stereocenters. The maximum absolute atomic E-state index is 12.7. The number of unbranched alkanes of at least 4 members (excludes halogenated alkanes) is 2. The minimum atomic E-state index is -0.802. The van der Waals surface area contributed by atoms with Crippen molar-refractivity contribution in [2.45, 2.75) is 65.0 Å². The van der Waals surface area contributed by atoms with Crippen LogP contribution in [0.1, 0.15) is 57.9 Å². The van der Waals surface area contributed by atoms with Gasteiger partial charge in [-0.15, -0.1) is 0 Å². The van der Waals surface area contributed by atoms with Gasteiger partial charge in [-0.3, -0.25) is 28.9 Å². The van der Waals surface area contributed by atoms with E-state index in [2.05, 4.69) is 16.0 Å². The van der Waals surface area contributed by atoms with Crippen LogP contribution in [0.5, 0.6) is 0 Å². The number of benzene rings is 1. The van der Waals surface area contributed by atoms with Crippen LogP contribution in [0.3, 0.4) is 0 Å². The first-order valence-electron chi connectivity index (χ1n) is 14.0. The molecular formula is C29H39N5O7. The SMILES string of the molecule is CC(C)C(NC(=O)CCCCCN1C(=O)C=CC1=O)C(=O)NCC(=O)Nc1ccc(COC(=O)N2CCCC2)cc1. The molecule has 12 nitrogen and oxygen atoms in total. The molecule has 2 heterocycles. The van der Waals surface area contributed by atoms with Crippen molar-refractivity contribution < 1.29 is 33.5 Å². The zero-order valence-electron chi connectivity index (χ0n) is 23.6. The van der Waals surface area contributed by atoms with Crippen LogP contribution in [-0.2, 0) is 35.3 Å². The number of hydrogen-bond donors (Lipinski definition) is 3. The highest BCUT2D eigenvalue weighted by Gasteiger charge is 2.25. The normalized spacial score (nSPS) is 15.3. The summed E-state index contributed by atoms with van der Waals surface area (Å²) in [7, 11) is 0. The van der Waals surface area contributed by atoms with Crippen LogP contribution in [0, 0.1) is 5.92 Å². The summed E-state index contributed by atoms with van der Waals surface area (Å²) in [5.74, 6) is -2.02. The molecule has 0 saturated carbocycles. The molecule has 41 heavy (non-hydrogen) atoms. The van der Waals surface area contributed by atoms with Crippen molar-refractivity contribution in [2.24, 2.45) is 5.92 Å². The van der Waals surface area contributed by atoms with E-state index in [-0.39, 0.29) is 49.3 Å². The Bertz CT molecular complexity index is 1120. The van der Waals surface area contributed by atoms with E-state index in [1.807, 2.05) is 0 Å². The molecule has 2 aliphatic heterocycles. The molecule has 2 aliphatic rings. The Hall–Kier alpha value is -4.22. The van der Waals surface area contributed by atoms with Gasteiger partial charge in [0.25, 0.3) is 11.8 Å². The molecule has 1 unspecified atom stereocenters. The Morgan fingerprint density at radius 3 is 2.20 bits per heavy atom. The highest BCUT2D eigenvalue weighted by Crippen LogP contribution is 2.13. The van der Waals surface area contributed by atoms with E-state index < -0.39 is 17.9 Å². The lowest BCUT2D eigenvalue weighted by Gasteiger charge is -2.21. The van der Waals surface area contributed by atoms with Gasteiger partial charge in [-0.25, -0.2) is 4.79 Å².